The van der Waals surface area contributed by atoms with E-state index in [0.717, 1.165) is 29.5 Å². The van der Waals surface area contributed by atoms with Gasteiger partial charge in [-0.2, -0.15) is 0 Å². The second-order valence-electron chi connectivity index (χ2n) is 6.56. The summed E-state index contributed by atoms with van der Waals surface area (Å²) in [6, 6.07) is 12.4. The number of carbonyl (C=O) groups excluding carboxylic acids is 1. The Morgan fingerprint density at radius 2 is 1.96 bits per heavy atom. The second-order valence-corrected chi connectivity index (χ2v) is 6.56. The molecule has 3 aromatic rings. The minimum Gasteiger partial charge on any atom is -0.338 e. The fourth-order valence-electron chi connectivity index (χ4n) is 3.46. The number of carbonyl (C=O) groups is 1. The van der Waals surface area contributed by atoms with Crippen LogP contribution in [0.3, 0.4) is 0 Å². The van der Waals surface area contributed by atoms with Crippen molar-refractivity contribution in [2.75, 3.05) is 13.1 Å². The van der Waals surface area contributed by atoms with Gasteiger partial charge in [-0.25, -0.2) is 9.07 Å². The predicted octanol–water partition coefficient (Wildman–Crippen LogP) is 3.36. The first-order valence-corrected chi connectivity index (χ1v) is 8.48. The number of hydrogen-bond acceptors (Lipinski definition) is 3. The number of aryl methyl sites for hydroxylation is 1. The molecule has 0 spiro atoms. The van der Waals surface area contributed by atoms with Crippen molar-refractivity contribution in [1.29, 1.82) is 0 Å². The van der Waals surface area contributed by atoms with Gasteiger partial charge in [0, 0.05) is 24.7 Å². The quantitative estimate of drug-likeness (QED) is 0.720. The molecule has 0 radical (unpaired) electrons. The Hall–Kier alpha value is -2.76. The Balaban J connectivity index is 1.48. The van der Waals surface area contributed by atoms with Crippen molar-refractivity contribution in [1.82, 2.24) is 19.9 Å². The molecule has 1 saturated heterocycles. The van der Waals surface area contributed by atoms with Crippen molar-refractivity contribution in [3.8, 4) is 0 Å². The molecule has 128 valence electrons. The van der Waals surface area contributed by atoms with Crippen LogP contribution in [0.15, 0.2) is 42.5 Å². The van der Waals surface area contributed by atoms with Crippen LogP contribution in [0, 0.1) is 12.7 Å². The summed E-state index contributed by atoms with van der Waals surface area (Å²) in [7, 11) is 0. The van der Waals surface area contributed by atoms with Gasteiger partial charge in [0.05, 0.1) is 11.6 Å². The van der Waals surface area contributed by atoms with E-state index in [1.807, 2.05) is 40.8 Å². The maximum absolute atomic E-state index is 13.3. The highest BCUT2D eigenvalue weighted by Gasteiger charge is 2.26. The summed E-state index contributed by atoms with van der Waals surface area (Å²) in [5.41, 5.74) is 3.23. The van der Waals surface area contributed by atoms with E-state index < -0.39 is 0 Å². The molecule has 1 aliphatic heterocycles. The Morgan fingerprint density at radius 3 is 2.72 bits per heavy atom. The molecule has 0 atom stereocenters. The molecule has 2 aromatic carbocycles. The largest absolute Gasteiger partial charge is 0.338 e. The molecule has 25 heavy (non-hydrogen) atoms. The molecule has 4 rings (SSSR count). The highest BCUT2D eigenvalue weighted by atomic mass is 19.1. The van der Waals surface area contributed by atoms with Crippen molar-refractivity contribution in [2.45, 2.75) is 25.8 Å². The molecule has 0 bridgehead atoms. The van der Waals surface area contributed by atoms with Gasteiger partial charge in [0.2, 0.25) is 0 Å². The van der Waals surface area contributed by atoms with Gasteiger partial charge >= 0.3 is 0 Å². The molecule has 0 N–H and O–H groups in total. The topological polar surface area (TPSA) is 51.0 Å². The lowest BCUT2D eigenvalue weighted by Gasteiger charge is -2.32. The number of rotatable bonds is 2. The van der Waals surface area contributed by atoms with Crippen molar-refractivity contribution >= 4 is 16.9 Å². The van der Waals surface area contributed by atoms with Gasteiger partial charge in [-0.1, -0.05) is 22.9 Å². The van der Waals surface area contributed by atoms with E-state index in [2.05, 4.69) is 10.3 Å². The number of piperidine rings is 1. The average Bonchev–Trinajstić information content (AvgIpc) is 3.04. The molecular formula is C19H19FN4O. The lowest BCUT2D eigenvalue weighted by atomic mass is 10.0. The molecule has 6 heteroatoms. The van der Waals surface area contributed by atoms with Gasteiger partial charge in [-0.3, -0.25) is 4.79 Å². The van der Waals surface area contributed by atoms with Crippen LogP contribution < -0.4 is 0 Å². The minimum absolute atomic E-state index is 0.0765. The third kappa shape index (κ3) is 2.99. The van der Waals surface area contributed by atoms with E-state index in [-0.39, 0.29) is 17.8 Å². The summed E-state index contributed by atoms with van der Waals surface area (Å²) < 4.78 is 15.2. The van der Waals surface area contributed by atoms with E-state index in [0.29, 0.717) is 18.6 Å². The Morgan fingerprint density at radius 1 is 1.16 bits per heavy atom. The molecule has 1 fully saturated rings. The zero-order valence-corrected chi connectivity index (χ0v) is 14.0. The molecule has 0 aliphatic carbocycles. The van der Waals surface area contributed by atoms with Crippen molar-refractivity contribution < 1.29 is 9.18 Å². The first kappa shape index (κ1) is 15.7. The number of benzene rings is 2. The lowest BCUT2D eigenvalue weighted by molar-refractivity contribution is 0.0691. The molecule has 1 aromatic heterocycles. The highest BCUT2D eigenvalue weighted by Crippen LogP contribution is 2.26. The van der Waals surface area contributed by atoms with E-state index in [1.165, 1.54) is 12.1 Å². The summed E-state index contributed by atoms with van der Waals surface area (Å²) in [6.07, 6.45) is 1.63. The summed E-state index contributed by atoms with van der Waals surface area (Å²) in [5.74, 6) is -0.231. The maximum Gasteiger partial charge on any atom is 0.253 e. The number of likely N-dealkylation sites (tertiary alicyclic amines) is 1. The van der Waals surface area contributed by atoms with Crippen LogP contribution in [0.5, 0.6) is 0 Å². The number of hydrogen-bond donors (Lipinski definition) is 0. The molecule has 1 amide bonds. The molecule has 0 saturated carbocycles. The number of nitrogens with zero attached hydrogens (tertiary/aromatic N) is 4. The molecule has 0 unspecified atom stereocenters. The Bertz CT molecular complexity index is 928. The second kappa shape index (κ2) is 6.27. The van der Waals surface area contributed by atoms with Gasteiger partial charge in [0.15, 0.2) is 0 Å². The van der Waals surface area contributed by atoms with Crippen molar-refractivity contribution in [3.05, 3.63) is 59.4 Å². The number of halogens is 1. The smallest absolute Gasteiger partial charge is 0.253 e. The minimum atomic E-state index is -0.307. The Labute approximate surface area is 145 Å². The molecule has 2 heterocycles. The van der Waals surface area contributed by atoms with Crippen molar-refractivity contribution in [3.63, 3.8) is 0 Å². The first-order chi connectivity index (χ1) is 12.1. The van der Waals surface area contributed by atoms with Crippen LogP contribution in [0.1, 0.15) is 34.8 Å². The van der Waals surface area contributed by atoms with E-state index in [4.69, 9.17) is 0 Å². The average molecular weight is 338 g/mol. The maximum atomic E-state index is 13.3. The third-order valence-electron chi connectivity index (χ3n) is 4.80. The molecular weight excluding hydrogens is 319 g/mol. The Kier molecular flexibility index (Phi) is 3.95. The monoisotopic (exact) mass is 338 g/mol. The zero-order valence-electron chi connectivity index (χ0n) is 14.0. The van der Waals surface area contributed by atoms with Crippen molar-refractivity contribution in [2.24, 2.45) is 0 Å². The summed E-state index contributed by atoms with van der Waals surface area (Å²) in [5, 5.41) is 8.25. The van der Waals surface area contributed by atoms with Crippen LogP contribution in [-0.4, -0.2) is 38.9 Å². The normalized spacial score (nSPS) is 15.7. The molecule has 5 nitrogen and oxygen atoms in total. The first-order valence-electron chi connectivity index (χ1n) is 8.48. The standard InChI is InChI=1S/C19H19FN4O/c1-13-3-2-4-14(11-13)19(25)23-9-7-16(8-10-23)24-18-6-5-15(20)12-17(18)21-22-24/h2-6,11-12,16H,7-10H2,1H3. The van der Waals surface area contributed by atoms with Crippen LogP contribution in [0.4, 0.5) is 4.39 Å². The molecule has 1 aliphatic rings. The number of fused-ring (bicyclic) bond motifs is 1. The van der Waals surface area contributed by atoms with Crippen LogP contribution >= 0.6 is 0 Å². The highest BCUT2D eigenvalue weighted by molar-refractivity contribution is 5.94. The predicted molar refractivity (Wildman–Crippen MR) is 92.8 cm³/mol. The summed E-state index contributed by atoms with van der Waals surface area (Å²) in [6.45, 7) is 3.35. The summed E-state index contributed by atoms with van der Waals surface area (Å²) >= 11 is 0. The lowest BCUT2D eigenvalue weighted by Crippen LogP contribution is -2.39. The fraction of sp³-hybridized carbons (Fsp3) is 0.316. The van der Waals surface area contributed by atoms with Crippen LogP contribution in [-0.2, 0) is 0 Å². The van der Waals surface area contributed by atoms with E-state index in [9.17, 15) is 9.18 Å². The number of aromatic nitrogens is 3. The third-order valence-corrected chi connectivity index (χ3v) is 4.80. The van der Waals surface area contributed by atoms with Crippen LogP contribution in [0.2, 0.25) is 0 Å². The van der Waals surface area contributed by atoms with Gasteiger partial charge in [-0.15, -0.1) is 5.10 Å². The zero-order chi connectivity index (χ0) is 17.4. The van der Waals surface area contributed by atoms with Gasteiger partial charge in [0.1, 0.15) is 11.3 Å². The van der Waals surface area contributed by atoms with E-state index >= 15 is 0 Å². The summed E-state index contributed by atoms with van der Waals surface area (Å²) in [4.78, 5) is 14.5. The van der Waals surface area contributed by atoms with Gasteiger partial charge < -0.3 is 4.90 Å². The van der Waals surface area contributed by atoms with Gasteiger partial charge in [0.25, 0.3) is 5.91 Å². The number of amides is 1. The SMILES string of the molecule is Cc1cccc(C(=O)N2CCC(n3nnc4cc(F)ccc43)CC2)c1. The van der Waals surface area contributed by atoms with E-state index in [1.54, 1.807) is 6.07 Å². The van der Waals surface area contributed by atoms with Crippen LogP contribution in [0.25, 0.3) is 11.0 Å². The fourth-order valence-corrected chi connectivity index (χ4v) is 3.46. The van der Waals surface area contributed by atoms with Gasteiger partial charge in [-0.05, 0) is 44.0 Å².